The van der Waals surface area contributed by atoms with Gasteiger partial charge >= 0.3 is 0 Å². The van der Waals surface area contributed by atoms with E-state index in [-0.39, 0.29) is 5.38 Å². The third-order valence-corrected chi connectivity index (χ3v) is 0.814. The molecule has 0 aromatic carbocycles. The van der Waals surface area contributed by atoms with Gasteiger partial charge in [-0.05, 0) is 6.92 Å². The molecule has 0 aromatic heterocycles. The van der Waals surface area contributed by atoms with Crippen LogP contribution < -0.4 is 0 Å². The molecule has 0 aromatic rings. The molecule has 0 unspecified atom stereocenters. The zero-order chi connectivity index (χ0) is 5.70. The normalized spacial score (nSPS) is 15.3. The molecule has 0 saturated carbocycles. The van der Waals surface area contributed by atoms with E-state index in [1.807, 2.05) is 19.1 Å². The minimum absolute atomic E-state index is 0.110. The highest BCUT2D eigenvalue weighted by molar-refractivity contribution is 6.22. The first-order valence-corrected chi connectivity index (χ1v) is 3.11. The SMILES string of the molecule is C[C@H](Cl)/C=C\CCl. The van der Waals surface area contributed by atoms with Crippen LogP contribution in [0, 0.1) is 0 Å². The van der Waals surface area contributed by atoms with Crippen molar-refractivity contribution < 1.29 is 0 Å². The van der Waals surface area contributed by atoms with Crippen molar-refractivity contribution in [1.29, 1.82) is 0 Å². The Kier molecular flexibility index (Phi) is 4.68. The van der Waals surface area contributed by atoms with E-state index in [9.17, 15) is 0 Å². The Bertz CT molecular complexity index is 57.1. The van der Waals surface area contributed by atoms with Crippen molar-refractivity contribution in [2.24, 2.45) is 0 Å². The number of rotatable bonds is 2. The highest BCUT2D eigenvalue weighted by Gasteiger charge is 1.81. The Hall–Kier alpha value is 0.320. The van der Waals surface area contributed by atoms with Crippen molar-refractivity contribution >= 4 is 23.2 Å². The highest BCUT2D eigenvalue weighted by atomic mass is 35.5. The van der Waals surface area contributed by atoms with Crippen LogP contribution in [0.5, 0.6) is 0 Å². The predicted octanol–water partition coefficient (Wildman–Crippen LogP) is 2.41. The van der Waals surface area contributed by atoms with Gasteiger partial charge in [0.2, 0.25) is 0 Å². The third kappa shape index (κ3) is 6.32. The molecule has 0 spiro atoms. The summed E-state index contributed by atoms with van der Waals surface area (Å²) in [7, 11) is 0. The highest BCUT2D eigenvalue weighted by Crippen LogP contribution is 1.94. The van der Waals surface area contributed by atoms with Crippen molar-refractivity contribution in [1.82, 2.24) is 0 Å². The minimum Gasteiger partial charge on any atom is -0.122 e. The first kappa shape index (κ1) is 7.32. The lowest BCUT2D eigenvalue weighted by Crippen LogP contribution is -1.79. The van der Waals surface area contributed by atoms with E-state index in [1.165, 1.54) is 0 Å². The smallest absolute Gasteiger partial charge is 0.0488 e. The molecule has 7 heavy (non-hydrogen) atoms. The van der Waals surface area contributed by atoms with Crippen molar-refractivity contribution in [2.45, 2.75) is 12.3 Å². The maximum Gasteiger partial charge on any atom is 0.0488 e. The molecule has 0 fully saturated rings. The van der Waals surface area contributed by atoms with E-state index in [2.05, 4.69) is 0 Å². The topological polar surface area (TPSA) is 0 Å². The fourth-order valence-electron chi connectivity index (χ4n) is 0.239. The van der Waals surface area contributed by atoms with Gasteiger partial charge in [0, 0.05) is 11.3 Å². The van der Waals surface area contributed by atoms with Crippen LogP contribution in [0.15, 0.2) is 12.2 Å². The molecule has 0 aliphatic heterocycles. The van der Waals surface area contributed by atoms with Gasteiger partial charge in [-0.25, -0.2) is 0 Å². The van der Waals surface area contributed by atoms with Gasteiger partial charge in [-0.3, -0.25) is 0 Å². The van der Waals surface area contributed by atoms with Crippen molar-refractivity contribution in [2.75, 3.05) is 5.88 Å². The van der Waals surface area contributed by atoms with E-state index >= 15 is 0 Å². The predicted molar refractivity (Wildman–Crippen MR) is 35.2 cm³/mol. The first-order valence-electron chi connectivity index (χ1n) is 2.14. The Labute approximate surface area is 54.1 Å². The second-order valence-electron chi connectivity index (χ2n) is 1.26. The quantitative estimate of drug-likeness (QED) is 0.407. The zero-order valence-corrected chi connectivity index (χ0v) is 5.71. The minimum atomic E-state index is 0.110. The summed E-state index contributed by atoms with van der Waals surface area (Å²) in [5.74, 6) is 0.553. The number of hydrogen-bond acceptors (Lipinski definition) is 0. The molecule has 0 aliphatic carbocycles. The fraction of sp³-hybridized carbons (Fsp3) is 0.600. The summed E-state index contributed by atoms with van der Waals surface area (Å²) >= 11 is 10.8. The summed E-state index contributed by atoms with van der Waals surface area (Å²) in [5.41, 5.74) is 0. The number of halogens is 2. The first-order chi connectivity index (χ1) is 3.27. The lowest BCUT2D eigenvalue weighted by molar-refractivity contribution is 1.22. The molecule has 0 nitrogen and oxygen atoms in total. The van der Waals surface area contributed by atoms with E-state index in [0.29, 0.717) is 5.88 Å². The van der Waals surface area contributed by atoms with E-state index in [4.69, 9.17) is 23.2 Å². The zero-order valence-electron chi connectivity index (χ0n) is 4.20. The number of alkyl halides is 2. The van der Waals surface area contributed by atoms with Crippen LogP contribution in [0.1, 0.15) is 6.92 Å². The van der Waals surface area contributed by atoms with Gasteiger partial charge < -0.3 is 0 Å². The molecule has 1 atom stereocenters. The largest absolute Gasteiger partial charge is 0.122 e. The van der Waals surface area contributed by atoms with Gasteiger partial charge in [0.1, 0.15) is 0 Å². The van der Waals surface area contributed by atoms with Gasteiger partial charge in [-0.15, -0.1) is 23.2 Å². The summed E-state index contributed by atoms with van der Waals surface area (Å²) < 4.78 is 0. The lowest BCUT2D eigenvalue weighted by Gasteiger charge is -1.85. The van der Waals surface area contributed by atoms with Crippen molar-refractivity contribution in [3.8, 4) is 0 Å². The van der Waals surface area contributed by atoms with Crippen LogP contribution >= 0.6 is 23.2 Å². The summed E-state index contributed by atoms with van der Waals surface area (Å²) in [4.78, 5) is 0. The molecule has 0 aliphatic rings. The molecule has 0 saturated heterocycles. The second-order valence-corrected chi connectivity index (χ2v) is 2.26. The van der Waals surface area contributed by atoms with E-state index in [0.717, 1.165) is 0 Å². The Morgan fingerprint density at radius 3 is 2.43 bits per heavy atom. The summed E-state index contributed by atoms with van der Waals surface area (Å²) in [6, 6.07) is 0. The van der Waals surface area contributed by atoms with Gasteiger partial charge in [0.15, 0.2) is 0 Å². The van der Waals surface area contributed by atoms with E-state index < -0.39 is 0 Å². The van der Waals surface area contributed by atoms with Crippen LogP contribution in [0.4, 0.5) is 0 Å². The lowest BCUT2D eigenvalue weighted by atomic mass is 10.4. The number of hydrogen-bond donors (Lipinski definition) is 0. The monoisotopic (exact) mass is 138 g/mol. The van der Waals surface area contributed by atoms with Crippen LogP contribution in [-0.4, -0.2) is 11.3 Å². The molecule has 0 heterocycles. The van der Waals surface area contributed by atoms with Gasteiger partial charge in [0.05, 0.1) is 0 Å². The maximum absolute atomic E-state index is 5.51. The molecule has 0 bridgehead atoms. The summed E-state index contributed by atoms with van der Waals surface area (Å²) in [5, 5.41) is 0.110. The van der Waals surface area contributed by atoms with Gasteiger partial charge in [-0.1, -0.05) is 12.2 Å². The third-order valence-electron chi connectivity index (χ3n) is 0.490. The van der Waals surface area contributed by atoms with Crippen molar-refractivity contribution in [3.63, 3.8) is 0 Å². The van der Waals surface area contributed by atoms with Crippen LogP contribution in [0.25, 0.3) is 0 Å². The summed E-state index contributed by atoms with van der Waals surface area (Å²) in [6.07, 6.45) is 3.69. The van der Waals surface area contributed by atoms with Crippen LogP contribution in [-0.2, 0) is 0 Å². The van der Waals surface area contributed by atoms with E-state index in [1.54, 1.807) is 0 Å². The van der Waals surface area contributed by atoms with Crippen molar-refractivity contribution in [3.05, 3.63) is 12.2 Å². The molecular weight excluding hydrogens is 131 g/mol. The maximum atomic E-state index is 5.51. The Balaban J connectivity index is 3.08. The molecule has 0 amide bonds. The Morgan fingerprint density at radius 2 is 2.29 bits per heavy atom. The molecule has 42 valence electrons. The van der Waals surface area contributed by atoms with Crippen LogP contribution in [0.3, 0.4) is 0 Å². The standard InChI is InChI=1S/C5H8Cl2/c1-5(7)3-2-4-6/h2-3,5H,4H2,1H3/b3-2-/t5-/m0/s1. The molecule has 0 N–H and O–H groups in total. The summed E-state index contributed by atoms with van der Waals surface area (Å²) in [6.45, 7) is 1.89. The Morgan fingerprint density at radius 1 is 1.71 bits per heavy atom. The fourth-order valence-corrected chi connectivity index (χ4v) is 0.445. The van der Waals surface area contributed by atoms with Crippen LogP contribution in [0.2, 0.25) is 0 Å². The van der Waals surface area contributed by atoms with Gasteiger partial charge in [0.25, 0.3) is 0 Å². The number of allylic oxidation sites excluding steroid dienone is 2. The molecule has 0 rings (SSSR count). The average molecular weight is 139 g/mol. The average Bonchev–Trinajstić information content (AvgIpc) is 1.61. The molecular formula is C5H8Cl2. The molecule has 0 radical (unpaired) electrons. The second kappa shape index (κ2) is 4.48. The van der Waals surface area contributed by atoms with Gasteiger partial charge in [-0.2, -0.15) is 0 Å². The molecule has 2 heteroatoms.